The summed E-state index contributed by atoms with van der Waals surface area (Å²) >= 11 is 4.77. The lowest BCUT2D eigenvalue weighted by Gasteiger charge is -2.19. The minimum Gasteiger partial charge on any atom is -0.302 e. The summed E-state index contributed by atoms with van der Waals surface area (Å²) in [6.45, 7) is 9.33. The van der Waals surface area contributed by atoms with Crippen LogP contribution in [0.2, 0.25) is 0 Å². The topological polar surface area (TPSA) is 72.2 Å². The first-order chi connectivity index (χ1) is 15.8. The predicted molar refractivity (Wildman–Crippen MR) is 141 cm³/mol. The summed E-state index contributed by atoms with van der Waals surface area (Å²) in [5.74, 6) is 0.783. The van der Waals surface area contributed by atoms with Crippen LogP contribution >= 0.6 is 27.7 Å². The van der Waals surface area contributed by atoms with Crippen molar-refractivity contribution in [2.75, 3.05) is 5.75 Å². The van der Waals surface area contributed by atoms with Crippen molar-refractivity contribution in [1.29, 1.82) is 0 Å². The lowest BCUT2D eigenvalue weighted by Crippen LogP contribution is -2.19. The lowest BCUT2D eigenvalue weighted by atomic mass is 9.87. The summed E-state index contributed by atoms with van der Waals surface area (Å²) in [5.41, 5.74) is 5.96. The van der Waals surface area contributed by atoms with Crippen molar-refractivity contribution in [3.8, 4) is 11.4 Å². The molecule has 1 N–H and O–H groups in total. The number of halogens is 1. The van der Waals surface area contributed by atoms with Crippen LogP contribution in [0.1, 0.15) is 38.8 Å². The Kier molecular flexibility index (Phi) is 8.63. The summed E-state index contributed by atoms with van der Waals surface area (Å²) in [7, 11) is 0. The van der Waals surface area contributed by atoms with Crippen molar-refractivity contribution in [2.45, 2.75) is 44.8 Å². The van der Waals surface area contributed by atoms with Gasteiger partial charge in [-0.15, -0.1) is 10.2 Å². The van der Waals surface area contributed by atoms with Gasteiger partial charge in [0.05, 0.1) is 12.0 Å². The third-order valence-electron chi connectivity index (χ3n) is 4.86. The zero-order valence-electron chi connectivity index (χ0n) is 19.2. The molecule has 0 saturated heterocycles. The number of rotatable bonds is 8. The minimum atomic E-state index is -0.210. The Bertz CT molecular complexity index is 1130. The van der Waals surface area contributed by atoms with Crippen LogP contribution in [0, 0.1) is 0 Å². The number of carbonyl (C=O) groups is 1. The first-order valence-electron chi connectivity index (χ1n) is 10.7. The Morgan fingerprint density at radius 2 is 1.82 bits per heavy atom. The zero-order valence-corrected chi connectivity index (χ0v) is 21.7. The van der Waals surface area contributed by atoms with Crippen molar-refractivity contribution in [1.82, 2.24) is 20.2 Å². The Hall–Kier alpha value is -2.71. The molecule has 0 aliphatic rings. The molecule has 0 aliphatic heterocycles. The van der Waals surface area contributed by atoms with Gasteiger partial charge in [-0.05, 0) is 45.5 Å². The second kappa shape index (κ2) is 11.4. The number of nitrogens with zero attached hydrogens (tertiary/aromatic N) is 4. The number of thioether (sulfide) groups is 1. The smallest absolute Gasteiger partial charge is 0.250 e. The molecule has 0 bridgehead atoms. The number of nitrogens with one attached hydrogen (secondary N) is 1. The molecule has 1 aromatic heterocycles. The molecule has 0 spiro atoms. The third kappa shape index (κ3) is 7.14. The summed E-state index contributed by atoms with van der Waals surface area (Å²) in [6, 6.07) is 18.3. The molecule has 2 aromatic carbocycles. The Morgan fingerprint density at radius 1 is 1.12 bits per heavy atom. The molecule has 0 fully saturated rings. The van der Waals surface area contributed by atoms with E-state index in [-0.39, 0.29) is 17.1 Å². The van der Waals surface area contributed by atoms with Gasteiger partial charge in [-0.3, -0.25) is 4.79 Å². The monoisotopic (exact) mass is 525 g/mol. The molecular formula is C25H28BrN5OS. The van der Waals surface area contributed by atoms with Crippen LogP contribution in [0.4, 0.5) is 0 Å². The van der Waals surface area contributed by atoms with E-state index in [1.807, 2.05) is 47.9 Å². The molecule has 0 radical (unpaired) electrons. The van der Waals surface area contributed by atoms with Crippen molar-refractivity contribution in [3.63, 3.8) is 0 Å². The SMILES string of the molecule is CCn1c(SCC(=O)NN=CC(Br)=Cc2ccccc2)nnc1-c1ccc(C(C)(C)C)cc1. The van der Waals surface area contributed by atoms with Gasteiger partial charge in [0.1, 0.15) is 0 Å². The van der Waals surface area contributed by atoms with Crippen LogP contribution in [0.25, 0.3) is 17.5 Å². The normalized spacial score (nSPS) is 12.3. The van der Waals surface area contributed by atoms with E-state index >= 15 is 0 Å². The van der Waals surface area contributed by atoms with Crippen LogP contribution < -0.4 is 5.43 Å². The average Bonchev–Trinajstić information content (AvgIpc) is 3.21. The molecule has 0 saturated carbocycles. The molecule has 0 aliphatic carbocycles. The van der Waals surface area contributed by atoms with E-state index < -0.39 is 0 Å². The molecule has 33 heavy (non-hydrogen) atoms. The molecular weight excluding hydrogens is 498 g/mol. The summed E-state index contributed by atoms with van der Waals surface area (Å²) in [6.07, 6.45) is 3.48. The first kappa shape index (κ1) is 24.9. The Labute approximate surface area is 207 Å². The number of allylic oxidation sites excluding steroid dienone is 1. The van der Waals surface area contributed by atoms with Crippen molar-refractivity contribution < 1.29 is 4.79 Å². The van der Waals surface area contributed by atoms with Gasteiger partial charge in [-0.1, -0.05) is 87.1 Å². The third-order valence-corrected chi connectivity index (χ3v) is 6.26. The van der Waals surface area contributed by atoms with E-state index in [1.54, 1.807) is 6.21 Å². The van der Waals surface area contributed by atoms with E-state index in [4.69, 9.17) is 0 Å². The Morgan fingerprint density at radius 3 is 2.45 bits per heavy atom. The highest BCUT2D eigenvalue weighted by atomic mass is 79.9. The fraction of sp³-hybridized carbons (Fsp3) is 0.280. The fourth-order valence-electron chi connectivity index (χ4n) is 3.09. The molecule has 3 rings (SSSR count). The number of hydrogen-bond acceptors (Lipinski definition) is 5. The van der Waals surface area contributed by atoms with Gasteiger partial charge < -0.3 is 4.57 Å². The van der Waals surface area contributed by atoms with Crippen molar-refractivity contribution in [2.24, 2.45) is 5.10 Å². The second-order valence-corrected chi connectivity index (χ2v) is 10.3. The van der Waals surface area contributed by atoms with E-state index in [0.29, 0.717) is 11.7 Å². The molecule has 0 unspecified atom stereocenters. The van der Waals surface area contributed by atoms with Crippen LogP contribution in [0.15, 0.2) is 69.3 Å². The van der Waals surface area contributed by atoms with Crippen LogP contribution in [0.5, 0.6) is 0 Å². The fourth-order valence-corrected chi connectivity index (χ4v) is 4.25. The highest BCUT2D eigenvalue weighted by molar-refractivity contribution is 9.12. The van der Waals surface area contributed by atoms with Crippen molar-refractivity contribution in [3.05, 3.63) is 70.2 Å². The first-order valence-corrected chi connectivity index (χ1v) is 12.5. The minimum absolute atomic E-state index is 0.0980. The maximum atomic E-state index is 12.2. The lowest BCUT2D eigenvalue weighted by molar-refractivity contribution is -0.118. The van der Waals surface area contributed by atoms with E-state index in [0.717, 1.165) is 21.4 Å². The molecule has 1 amide bonds. The molecule has 172 valence electrons. The molecule has 6 nitrogen and oxygen atoms in total. The van der Waals surface area contributed by atoms with E-state index in [9.17, 15) is 4.79 Å². The summed E-state index contributed by atoms with van der Waals surface area (Å²) in [4.78, 5) is 12.2. The number of hydrazone groups is 1. The van der Waals surface area contributed by atoms with Gasteiger partial charge in [-0.2, -0.15) is 5.10 Å². The predicted octanol–water partition coefficient (Wildman–Crippen LogP) is 5.89. The van der Waals surface area contributed by atoms with Gasteiger partial charge in [-0.25, -0.2) is 5.43 Å². The molecule has 8 heteroatoms. The maximum absolute atomic E-state index is 12.2. The van der Waals surface area contributed by atoms with Crippen LogP contribution in [-0.4, -0.2) is 32.6 Å². The number of benzene rings is 2. The zero-order chi connectivity index (χ0) is 23.8. The quantitative estimate of drug-likeness (QED) is 0.226. The number of aromatic nitrogens is 3. The van der Waals surface area contributed by atoms with Gasteiger partial charge in [0.2, 0.25) is 0 Å². The summed E-state index contributed by atoms with van der Waals surface area (Å²) in [5, 5.41) is 13.4. The number of amides is 1. The van der Waals surface area contributed by atoms with Gasteiger partial charge in [0.25, 0.3) is 5.91 Å². The van der Waals surface area contributed by atoms with Crippen molar-refractivity contribution >= 4 is 45.9 Å². The average molecular weight is 527 g/mol. The summed E-state index contributed by atoms with van der Waals surface area (Å²) < 4.78 is 2.78. The largest absolute Gasteiger partial charge is 0.302 e. The second-order valence-electron chi connectivity index (χ2n) is 8.40. The Balaban J connectivity index is 1.58. The van der Waals surface area contributed by atoms with Crippen LogP contribution in [0.3, 0.4) is 0 Å². The number of carbonyl (C=O) groups excluding carboxylic acids is 1. The molecule has 1 heterocycles. The molecule has 0 atom stereocenters. The van der Waals surface area contributed by atoms with E-state index in [2.05, 4.69) is 81.7 Å². The van der Waals surface area contributed by atoms with Gasteiger partial charge in [0.15, 0.2) is 11.0 Å². The number of hydrogen-bond donors (Lipinski definition) is 1. The maximum Gasteiger partial charge on any atom is 0.250 e. The van der Waals surface area contributed by atoms with E-state index in [1.165, 1.54) is 17.3 Å². The highest BCUT2D eigenvalue weighted by Crippen LogP contribution is 2.27. The highest BCUT2D eigenvalue weighted by Gasteiger charge is 2.17. The van der Waals surface area contributed by atoms with Gasteiger partial charge in [0, 0.05) is 16.6 Å². The molecule has 3 aromatic rings. The standard InChI is InChI=1S/C25H28BrN5OS/c1-5-31-23(19-11-13-20(14-12-19)25(2,3)4)29-30-24(31)33-17-22(32)28-27-16-21(26)15-18-9-7-6-8-10-18/h6-16H,5,17H2,1-4H3,(H,28,32). The van der Waals surface area contributed by atoms with Gasteiger partial charge >= 0.3 is 0 Å². The van der Waals surface area contributed by atoms with Crippen LogP contribution in [-0.2, 0) is 16.8 Å².